The van der Waals surface area contributed by atoms with E-state index in [0.29, 0.717) is 17.9 Å². The zero-order chi connectivity index (χ0) is 10.6. The normalized spacial score (nSPS) is 11.0. The van der Waals surface area contributed by atoms with Gasteiger partial charge in [0, 0.05) is 5.75 Å². The summed E-state index contributed by atoms with van der Waals surface area (Å²) in [4.78, 5) is 9.99. The Kier molecular flexibility index (Phi) is 3.70. The molecular formula is C8H11N3O2S. The first-order valence-corrected chi connectivity index (χ1v) is 4.72. The van der Waals surface area contributed by atoms with Gasteiger partial charge in [-0.25, -0.2) is 0 Å². The van der Waals surface area contributed by atoms with E-state index >= 15 is 0 Å². The van der Waals surface area contributed by atoms with Gasteiger partial charge in [-0.05, 0) is 11.8 Å². The molecule has 0 N–H and O–H groups in total. The van der Waals surface area contributed by atoms with Crippen LogP contribution in [0.1, 0.15) is 5.56 Å². The highest BCUT2D eigenvalue weighted by Crippen LogP contribution is 2.13. The number of rotatable bonds is 4. The molecule has 5 nitrogen and oxygen atoms in total. The lowest BCUT2D eigenvalue weighted by atomic mass is 10.4. The molecule has 0 amide bonds. The third-order valence-electron chi connectivity index (χ3n) is 1.66. The molecule has 0 bridgehead atoms. The summed E-state index contributed by atoms with van der Waals surface area (Å²) in [6.45, 7) is 2.21. The molecule has 0 saturated carbocycles. The molecule has 0 spiro atoms. The Morgan fingerprint density at radius 1 is 1.71 bits per heavy atom. The van der Waals surface area contributed by atoms with Crippen LogP contribution in [0, 0.1) is 17.0 Å². The molecule has 6 heteroatoms. The predicted molar refractivity (Wildman–Crippen MR) is 56.6 cm³/mol. The molecule has 0 aliphatic rings. The van der Waals surface area contributed by atoms with Crippen molar-refractivity contribution in [1.29, 1.82) is 0 Å². The van der Waals surface area contributed by atoms with Crippen LogP contribution >= 0.6 is 12.6 Å². The van der Waals surface area contributed by atoms with E-state index in [1.54, 1.807) is 13.1 Å². The summed E-state index contributed by atoms with van der Waals surface area (Å²) >= 11 is 4.00. The molecule has 1 heterocycles. The molecule has 0 aromatic carbocycles. The van der Waals surface area contributed by atoms with E-state index < -0.39 is 4.92 Å². The summed E-state index contributed by atoms with van der Waals surface area (Å²) in [5.41, 5.74) is 0.578. The fourth-order valence-electron chi connectivity index (χ4n) is 1.04. The summed E-state index contributed by atoms with van der Waals surface area (Å²) in [6, 6.07) is 0. The smallest absolute Gasteiger partial charge is 0.358 e. The quantitative estimate of drug-likeness (QED) is 0.357. The van der Waals surface area contributed by atoms with E-state index in [2.05, 4.69) is 17.7 Å². The Bertz CT molecular complexity index is 359. The second kappa shape index (κ2) is 4.80. The lowest BCUT2D eigenvalue weighted by molar-refractivity contribution is -0.390. The van der Waals surface area contributed by atoms with Gasteiger partial charge in [0.25, 0.3) is 0 Å². The van der Waals surface area contributed by atoms with Crippen molar-refractivity contribution in [1.82, 2.24) is 9.78 Å². The maximum absolute atomic E-state index is 10.5. The Labute approximate surface area is 87.0 Å². The summed E-state index contributed by atoms with van der Waals surface area (Å²) in [7, 11) is 0. The highest BCUT2D eigenvalue weighted by molar-refractivity contribution is 7.80. The number of nitrogens with zero attached hydrogens (tertiary/aromatic N) is 3. The van der Waals surface area contributed by atoms with Crippen molar-refractivity contribution in [2.75, 3.05) is 5.75 Å². The summed E-state index contributed by atoms with van der Waals surface area (Å²) < 4.78 is 1.54. The first-order valence-electron chi connectivity index (χ1n) is 4.09. The molecule has 0 fully saturated rings. The van der Waals surface area contributed by atoms with Crippen molar-refractivity contribution in [2.45, 2.75) is 13.5 Å². The molecule has 0 aliphatic heterocycles. The Balaban J connectivity index is 2.76. The fraction of sp³-hybridized carbons (Fsp3) is 0.375. The zero-order valence-corrected chi connectivity index (χ0v) is 8.65. The topological polar surface area (TPSA) is 61.0 Å². The average Bonchev–Trinajstić information content (AvgIpc) is 2.47. The van der Waals surface area contributed by atoms with E-state index in [1.807, 2.05) is 12.2 Å². The maximum Gasteiger partial charge on any atom is 0.392 e. The third kappa shape index (κ3) is 2.59. The fourth-order valence-corrected chi connectivity index (χ4v) is 1.19. The number of hydrogen-bond acceptors (Lipinski definition) is 4. The second-order valence-electron chi connectivity index (χ2n) is 2.77. The van der Waals surface area contributed by atoms with Crippen LogP contribution < -0.4 is 0 Å². The monoisotopic (exact) mass is 213 g/mol. The second-order valence-corrected chi connectivity index (χ2v) is 3.13. The number of thiol groups is 1. The van der Waals surface area contributed by atoms with Crippen molar-refractivity contribution in [3.05, 3.63) is 34.0 Å². The van der Waals surface area contributed by atoms with Crippen LogP contribution in [0.5, 0.6) is 0 Å². The van der Waals surface area contributed by atoms with Crippen LogP contribution in [0.25, 0.3) is 0 Å². The van der Waals surface area contributed by atoms with Crippen LogP contribution in [0.2, 0.25) is 0 Å². The minimum Gasteiger partial charge on any atom is -0.358 e. The van der Waals surface area contributed by atoms with Crippen molar-refractivity contribution in [2.24, 2.45) is 0 Å². The van der Waals surface area contributed by atoms with Crippen molar-refractivity contribution < 1.29 is 4.92 Å². The lowest BCUT2D eigenvalue weighted by Gasteiger charge is -1.87. The number of allylic oxidation sites excluding steroid dienone is 1. The van der Waals surface area contributed by atoms with Gasteiger partial charge in [-0.2, -0.15) is 17.3 Å². The van der Waals surface area contributed by atoms with Crippen LogP contribution in [-0.2, 0) is 6.54 Å². The number of hydrogen-bond donors (Lipinski definition) is 1. The minimum absolute atomic E-state index is 0.0794. The van der Waals surface area contributed by atoms with Crippen molar-refractivity contribution >= 4 is 18.4 Å². The molecule has 14 heavy (non-hydrogen) atoms. The molecule has 76 valence electrons. The van der Waals surface area contributed by atoms with Crippen LogP contribution in [-0.4, -0.2) is 20.5 Å². The highest BCUT2D eigenvalue weighted by atomic mass is 32.1. The van der Waals surface area contributed by atoms with Gasteiger partial charge in [0.2, 0.25) is 0 Å². The molecule has 0 radical (unpaired) electrons. The molecule has 0 atom stereocenters. The summed E-state index contributed by atoms with van der Waals surface area (Å²) in [6.07, 6.45) is 5.39. The SMILES string of the molecule is Cc1cn(CC=CCS)nc1[N+](=O)[O-]. The van der Waals surface area contributed by atoms with E-state index in [0.717, 1.165) is 0 Å². The van der Waals surface area contributed by atoms with Crippen molar-refractivity contribution in [3.63, 3.8) is 0 Å². The molecule has 1 aromatic heterocycles. The van der Waals surface area contributed by atoms with E-state index in [9.17, 15) is 10.1 Å². The standard InChI is InChI=1S/C8H11N3O2S/c1-7-6-10(4-2-3-5-14)9-8(7)11(12)13/h2-3,6,14H,4-5H2,1H3. The minimum atomic E-state index is -0.478. The van der Waals surface area contributed by atoms with Gasteiger partial charge < -0.3 is 10.1 Å². The zero-order valence-electron chi connectivity index (χ0n) is 7.75. The molecule has 0 saturated heterocycles. The van der Waals surface area contributed by atoms with E-state index in [4.69, 9.17) is 0 Å². The third-order valence-corrected chi connectivity index (χ3v) is 1.87. The van der Waals surface area contributed by atoms with Gasteiger partial charge >= 0.3 is 5.82 Å². The first-order chi connectivity index (χ1) is 6.65. The van der Waals surface area contributed by atoms with Gasteiger partial charge in [0.1, 0.15) is 0 Å². The largest absolute Gasteiger partial charge is 0.392 e. The predicted octanol–water partition coefficient (Wildman–Crippen LogP) is 1.59. The molecule has 0 aliphatic carbocycles. The van der Waals surface area contributed by atoms with Crippen LogP contribution in [0.15, 0.2) is 18.3 Å². The number of aryl methyl sites for hydroxylation is 1. The Morgan fingerprint density at radius 2 is 2.43 bits per heavy atom. The average molecular weight is 213 g/mol. The van der Waals surface area contributed by atoms with E-state index in [1.165, 1.54) is 4.68 Å². The molecular weight excluding hydrogens is 202 g/mol. The lowest BCUT2D eigenvalue weighted by Crippen LogP contribution is -1.97. The van der Waals surface area contributed by atoms with Crippen LogP contribution in [0.4, 0.5) is 5.82 Å². The number of nitro groups is 1. The molecule has 0 unspecified atom stereocenters. The van der Waals surface area contributed by atoms with Gasteiger partial charge in [-0.3, -0.25) is 0 Å². The van der Waals surface area contributed by atoms with Crippen LogP contribution in [0.3, 0.4) is 0 Å². The first kappa shape index (κ1) is 10.8. The summed E-state index contributed by atoms with van der Waals surface area (Å²) in [5, 5.41) is 14.3. The van der Waals surface area contributed by atoms with E-state index in [-0.39, 0.29) is 5.82 Å². The van der Waals surface area contributed by atoms with Gasteiger partial charge in [-0.1, -0.05) is 12.2 Å². The van der Waals surface area contributed by atoms with Gasteiger partial charge in [-0.15, -0.1) is 0 Å². The Morgan fingerprint density at radius 3 is 2.93 bits per heavy atom. The molecule has 1 aromatic rings. The van der Waals surface area contributed by atoms with Gasteiger partial charge in [0.05, 0.1) is 23.4 Å². The number of aromatic nitrogens is 2. The Hall–Kier alpha value is -1.30. The maximum atomic E-state index is 10.5. The molecule has 1 rings (SSSR count). The highest BCUT2D eigenvalue weighted by Gasteiger charge is 2.15. The van der Waals surface area contributed by atoms with Gasteiger partial charge in [0.15, 0.2) is 0 Å². The summed E-state index contributed by atoms with van der Waals surface area (Å²) in [5.74, 6) is 0.576. The van der Waals surface area contributed by atoms with Crippen molar-refractivity contribution in [3.8, 4) is 0 Å².